The third-order valence-corrected chi connectivity index (χ3v) is 13.6. The summed E-state index contributed by atoms with van der Waals surface area (Å²) in [5.74, 6) is 0.972. The zero-order valence-electron chi connectivity index (χ0n) is 37.8. The smallest absolute Gasteiger partial charge is 0.293 e. The molecule has 0 radical (unpaired) electrons. The summed E-state index contributed by atoms with van der Waals surface area (Å²) >= 11 is 0. The molecule has 7 heterocycles. The number of piperidine rings is 1. The van der Waals surface area contributed by atoms with E-state index in [1.165, 1.54) is 21.9 Å². The van der Waals surface area contributed by atoms with Crippen LogP contribution in [0.5, 0.6) is 0 Å². The van der Waals surface area contributed by atoms with Gasteiger partial charge in [0.15, 0.2) is 5.82 Å². The topological polar surface area (TPSA) is 157 Å². The molecule has 0 bridgehead atoms. The number of aliphatic hydroxyl groups excluding tert-OH is 1. The number of carbonyl (C=O) groups excluding carboxylic acids is 2. The fraction of sp³-hybridized carbons (Fsp3) is 0.429. The van der Waals surface area contributed by atoms with Crippen molar-refractivity contribution in [1.29, 1.82) is 0 Å². The number of fused-ring (bicyclic) bond motifs is 3. The molecular formula is C49H59N11O4. The number of aryl methyl sites for hydroxylation is 2. The molecule has 0 saturated carbocycles. The van der Waals surface area contributed by atoms with Crippen molar-refractivity contribution in [2.24, 2.45) is 12.5 Å². The Morgan fingerprint density at radius 1 is 0.984 bits per heavy atom. The lowest BCUT2D eigenvalue weighted by Gasteiger charge is -2.48. The Morgan fingerprint density at radius 3 is 2.56 bits per heavy atom. The Kier molecular flexibility index (Phi) is 11.4. The monoisotopic (exact) mass is 865 g/mol. The molecule has 64 heavy (non-hydrogen) atoms. The number of hydrogen-bond acceptors (Lipinski definition) is 11. The van der Waals surface area contributed by atoms with E-state index in [2.05, 4.69) is 81.3 Å². The van der Waals surface area contributed by atoms with E-state index in [0.717, 1.165) is 69.1 Å². The molecule has 1 unspecified atom stereocenters. The number of carbonyl (C=O) groups is 2. The molecule has 15 heteroatoms. The first-order valence-electron chi connectivity index (χ1n) is 22.5. The van der Waals surface area contributed by atoms with Gasteiger partial charge in [-0.05, 0) is 106 Å². The Bertz CT molecular complexity index is 2710. The molecule has 2 fully saturated rings. The predicted octanol–water partition coefficient (Wildman–Crippen LogP) is 6.06. The SMILES string of the molecule is C=CC(=O)Nc1cc(Nc2nc(-c3ccnc(N4CCn5c(cc6c5CC(C)(C)C6)C4=O)c3CO)cn(C)c2=O)ccc1N1CCN(C2CCN(c3cccc(C)n3)[C@@H](C)C2)C[C@@H]1C. The fourth-order valence-electron chi connectivity index (χ4n) is 10.5. The van der Waals surface area contributed by atoms with Gasteiger partial charge in [-0.1, -0.05) is 26.5 Å². The number of amides is 2. The Labute approximate surface area is 374 Å². The zero-order chi connectivity index (χ0) is 45.0. The summed E-state index contributed by atoms with van der Waals surface area (Å²) in [5, 5.41) is 17.1. The third kappa shape index (κ3) is 8.06. The van der Waals surface area contributed by atoms with Crippen LogP contribution in [0.15, 0.2) is 78.4 Å². The molecular weight excluding hydrogens is 807 g/mol. The Morgan fingerprint density at radius 2 is 1.81 bits per heavy atom. The number of anilines is 6. The maximum absolute atomic E-state index is 14.0. The minimum Gasteiger partial charge on any atom is -0.392 e. The van der Waals surface area contributed by atoms with Crippen LogP contribution in [0.25, 0.3) is 11.3 Å². The average Bonchev–Trinajstić information content (AvgIpc) is 3.77. The van der Waals surface area contributed by atoms with Crippen molar-refractivity contribution in [2.45, 2.75) is 91.6 Å². The van der Waals surface area contributed by atoms with E-state index in [9.17, 15) is 19.5 Å². The normalized spacial score (nSPS) is 20.8. The van der Waals surface area contributed by atoms with E-state index in [0.29, 0.717) is 64.9 Å². The first kappa shape index (κ1) is 43.0. The van der Waals surface area contributed by atoms with E-state index >= 15 is 0 Å². The molecule has 2 amide bonds. The van der Waals surface area contributed by atoms with Crippen molar-refractivity contribution in [1.82, 2.24) is 29.0 Å². The fourth-order valence-corrected chi connectivity index (χ4v) is 10.5. The second-order valence-electron chi connectivity index (χ2n) is 18.8. The number of nitrogens with one attached hydrogen (secondary N) is 2. The third-order valence-electron chi connectivity index (χ3n) is 13.6. The molecule has 3 N–H and O–H groups in total. The maximum Gasteiger partial charge on any atom is 0.293 e. The molecule has 3 aliphatic heterocycles. The van der Waals surface area contributed by atoms with E-state index in [1.54, 1.807) is 30.4 Å². The van der Waals surface area contributed by atoms with Crippen LogP contribution in [-0.4, -0.2) is 96.8 Å². The number of benzene rings is 1. The summed E-state index contributed by atoms with van der Waals surface area (Å²) in [6.07, 6.45) is 8.46. The van der Waals surface area contributed by atoms with Gasteiger partial charge in [0.05, 0.1) is 23.7 Å². The van der Waals surface area contributed by atoms with Gasteiger partial charge in [0.2, 0.25) is 5.91 Å². The first-order chi connectivity index (χ1) is 30.7. The van der Waals surface area contributed by atoms with Crippen molar-refractivity contribution in [2.75, 3.05) is 58.1 Å². The zero-order valence-corrected chi connectivity index (χ0v) is 37.8. The largest absolute Gasteiger partial charge is 0.392 e. The van der Waals surface area contributed by atoms with Gasteiger partial charge < -0.3 is 34.7 Å². The van der Waals surface area contributed by atoms with Crippen LogP contribution in [0.2, 0.25) is 0 Å². The van der Waals surface area contributed by atoms with Crippen molar-refractivity contribution in [3.63, 3.8) is 0 Å². The molecule has 1 aliphatic carbocycles. The lowest BCUT2D eigenvalue weighted by Crippen LogP contribution is -2.58. The summed E-state index contributed by atoms with van der Waals surface area (Å²) in [7, 11) is 1.65. The van der Waals surface area contributed by atoms with Crippen molar-refractivity contribution in [3.05, 3.63) is 112 Å². The molecule has 334 valence electrons. The van der Waals surface area contributed by atoms with Crippen LogP contribution >= 0.6 is 0 Å². The van der Waals surface area contributed by atoms with Crippen molar-refractivity contribution >= 4 is 46.3 Å². The quantitative estimate of drug-likeness (QED) is 0.140. The molecule has 2 saturated heterocycles. The van der Waals surface area contributed by atoms with Gasteiger partial charge >= 0.3 is 0 Å². The molecule has 1 aromatic carbocycles. The number of pyridine rings is 2. The number of rotatable bonds is 10. The predicted molar refractivity (Wildman–Crippen MR) is 252 cm³/mol. The Balaban J connectivity index is 0.939. The number of nitrogens with zero attached hydrogens (tertiary/aromatic N) is 9. The van der Waals surface area contributed by atoms with E-state index in [-0.39, 0.29) is 34.6 Å². The summed E-state index contributed by atoms with van der Waals surface area (Å²) in [4.78, 5) is 63.8. The highest BCUT2D eigenvalue weighted by molar-refractivity contribution is 6.06. The van der Waals surface area contributed by atoms with Gasteiger partial charge in [-0.25, -0.2) is 15.0 Å². The molecule has 5 aromatic rings. The van der Waals surface area contributed by atoms with Crippen LogP contribution in [-0.2, 0) is 37.8 Å². The lowest BCUT2D eigenvalue weighted by molar-refractivity contribution is -0.111. The number of piperazine rings is 1. The second kappa shape index (κ2) is 17.0. The van der Waals surface area contributed by atoms with Gasteiger partial charge in [-0.2, -0.15) is 0 Å². The lowest BCUT2D eigenvalue weighted by atomic mass is 9.90. The molecule has 4 aliphatic rings. The van der Waals surface area contributed by atoms with Crippen LogP contribution in [0.1, 0.15) is 73.5 Å². The molecule has 15 nitrogen and oxygen atoms in total. The van der Waals surface area contributed by atoms with Crippen LogP contribution in [0.4, 0.5) is 34.5 Å². The highest BCUT2D eigenvalue weighted by atomic mass is 16.3. The molecule has 9 rings (SSSR count). The van der Waals surface area contributed by atoms with E-state index in [1.807, 2.05) is 37.3 Å². The summed E-state index contributed by atoms with van der Waals surface area (Å²) in [5.41, 5.74) is 7.35. The molecule has 0 spiro atoms. The van der Waals surface area contributed by atoms with Gasteiger partial charge in [0.25, 0.3) is 11.5 Å². The maximum atomic E-state index is 14.0. The van der Waals surface area contributed by atoms with E-state index in [4.69, 9.17) is 9.97 Å². The highest BCUT2D eigenvalue weighted by Crippen LogP contribution is 2.41. The highest BCUT2D eigenvalue weighted by Gasteiger charge is 2.38. The van der Waals surface area contributed by atoms with Gasteiger partial charge in [0.1, 0.15) is 17.3 Å². The van der Waals surface area contributed by atoms with Gasteiger partial charge in [0, 0.05) is 105 Å². The second-order valence-corrected chi connectivity index (χ2v) is 18.8. The first-order valence-corrected chi connectivity index (χ1v) is 22.5. The van der Waals surface area contributed by atoms with E-state index < -0.39 is 6.61 Å². The van der Waals surface area contributed by atoms with Crippen LogP contribution in [0.3, 0.4) is 0 Å². The number of aliphatic hydroxyl groups is 1. The summed E-state index contributed by atoms with van der Waals surface area (Å²) < 4.78 is 3.59. The van der Waals surface area contributed by atoms with Crippen molar-refractivity contribution < 1.29 is 14.7 Å². The van der Waals surface area contributed by atoms with Crippen LogP contribution in [0, 0.1) is 12.3 Å². The van der Waals surface area contributed by atoms with Gasteiger partial charge in [-0.15, -0.1) is 0 Å². The summed E-state index contributed by atoms with van der Waals surface area (Å²) in [6, 6.07) is 16.7. The van der Waals surface area contributed by atoms with Gasteiger partial charge in [-0.3, -0.25) is 24.2 Å². The molecule has 4 aromatic heterocycles. The summed E-state index contributed by atoms with van der Waals surface area (Å²) in [6.45, 7) is 18.9. The minimum atomic E-state index is -0.397. The Hall–Kier alpha value is -6.32. The minimum absolute atomic E-state index is 0.0563. The van der Waals surface area contributed by atoms with Crippen LogP contribution < -0.4 is 30.9 Å². The molecule has 3 atom stereocenters. The number of aromatic nitrogens is 5. The number of hydrogen-bond donors (Lipinski definition) is 3. The standard InChI is InChI=1S/C49H59N11O4/c1-8-44(62)53-38-24-34(12-13-40(38)57-19-18-56(27-32(57)4)35-15-17-58(31(3)22-35)43-11-9-10-30(2)51-43)52-45-48(64)55(7)28-39(54-45)36-14-16-50-46(37(36)29-61)60-21-20-59-41(47(60)63)23-33-25-49(5,6)26-42(33)59/h8-14,16,23-24,28,31-32,35,61H,1,15,17-22,25-27,29H2,2-7H3,(H,52,54)(H,53,62)/t31-,32-,35?/m0/s1. The average molecular weight is 866 g/mol. The van der Waals surface area contributed by atoms with Crippen molar-refractivity contribution in [3.8, 4) is 11.3 Å².